The van der Waals surface area contributed by atoms with Crippen molar-refractivity contribution in [2.24, 2.45) is 5.41 Å². The molecule has 7 heteroatoms. The molecular weight excluding hydrogens is 394 g/mol. The van der Waals surface area contributed by atoms with E-state index in [2.05, 4.69) is 10.4 Å². The van der Waals surface area contributed by atoms with Crippen LogP contribution in [0.4, 0.5) is 0 Å². The lowest BCUT2D eigenvalue weighted by Crippen LogP contribution is -2.43. The summed E-state index contributed by atoms with van der Waals surface area (Å²) >= 11 is 0. The molecule has 3 rings (SSSR count). The van der Waals surface area contributed by atoms with Crippen LogP contribution in [-0.2, 0) is 40.4 Å². The van der Waals surface area contributed by atoms with Crippen molar-refractivity contribution in [3.8, 4) is 0 Å². The third-order valence-corrected chi connectivity index (χ3v) is 6.29. The van der Waals surface area contributed by atoms with Gasteiger partial charge in [0.05, 0.1) is 43.7 Å². The van der Waals surface area contributed by atoms with Gasteiger partial charge in [-0.15, -0.1) is 0 Å². The molecular formula is C24H33N3O4. The Balaban J connectivity index is 1.68. The van der Waals surface area contributed by atoms with Gasteiger partial charge in [-0.3, -0.25) is 9.48 Å². The molecule has 1 aromatic carbocycles. The fourth-order valence-electron chi connectivity index (χ4n) is 4.14. The summed E-state index contributed by atoms with van der Waals surface area (Å²) in [5, 5.41) is 7.61. The van der Waals surface area contributed by atoms with E-state index in [1.54, 1.807) is 0 Å². The lowest BCUT2D eigenvalue weighted by atomic mass is 9.82. The molecule has 0 spiro atoms. The molecule has 1 aliphatic rings. The summed E-state index contributed by atoms with van der Waals surface area (Å²) in [6.45, 7) is 5.80. The maximum Gasteiger partial charge on any atom is 0.341 e. The van der Waals surface area contributed by atoms with Gasteiger partial charge in [-0.05, 0) is 37.7 Å². The zero-order chi connectivity index (χ0) is 22.3. The van der Waals surface area contributed by atoms with Crippen LogP contribution in [0.2, 0.25) is 0 Å². The lowest BCUT2D eigenvalue weighted by molar-refractivity contribution is -0.136. The quantitative estimate of drug-likeness (QED) is 0.586. The topological polar surface area (TPSA) is 82.5 Å². The van der Waals surface area contributed by atoms with Crippen molar-refractivity contribution in [1.82, 2.24) is 15.1 Å². The van der Waals surface area contributed by atoms with Crippen molar-refractivity contribution in [2.45, 2.75) is 65.6 Å². The van der Waals surface area contributed by atoms with Crippen molar-refractivity contribution >= 4 is 11.9 Å². The van der Waals surface area contributed by atoms with Crippen LogP contribution in [0.5, 0.6) is 0 Å². The second-order valence-corrected chi connectivity index (χ2v) is 8.09. The van der Waals surface area contributed by atoms with Crippen LogP contribution in [0.1, 0.15) is 66.8 Å². The van der Waals surface area contributed by atoms with Gasteiger partial charge < -0.3 is 14.8 Å². The maximum absolute atomic E-state index is 13.2. The van der Waals surface area contributed by atoms with Gasteiger partial charge in [0.1, 0.15) is 5.56 Å². The van der Waals surface area contributed by atoms with E-state index >= 15 is 0 Å². The SMILES string of the molecule is CCC(CC)(COCc1ccccc1)C(=O)NCc1nn2c(c1C(=O)OC)CCCC2. The zero-order valence-corrected chi connectivity index (χ0v) is 18.8. The number of aryl methyl sites for hydroxylation is 1. The fourth-order valence-corrected chi connectivity index (χ4v) is 4.14. The van der Waals surface area contributed by atoms with Gasteiger partial charge in [-0.1, -0.05) is 44.2 Å². The minimum atomic E-state index is -0.625. The number of hydrogen-bond acceptors (Lipinski definition) is 5. The molecule has 2 heterocycles. The van der Waals surface area contributed by atoms with Gasteiger partial charge in [0.15, 0.2) is 0 Å². The molecule has 0 atom stereocenters. The summed E-state index contributed by atoms with van der Waals surface area (Å²) < 4.78 is 12.8. The van der Waals surface area contributed by atoms with E-state index in [0.29, 0.717) is 37.3 Å². The normalized spacial score (nSPS) is 13.5. The van der Waals surface area contributed by atoms with Crippen LogP contribution in [0.3, 0.4) is 0 Å². The van der Waals surface area contributed by atoms with Crippen molar-refractivity contribution in [3.63, 3.8) is 0 Å². The van der Waals surface area contributed by atoms with E-state index in [9.17, 15) is 9.59 Å². The fraction of sp³-hybridized carbons (Fsp3) is 0.542. The highest BCUT2D eigenvalue weighted by Crippen LogP contribution is 2.28. The standard InChI is InChI=1S/C24H33N3O4/c1-4-24(5-2,17-31-16-18-11-7-6-8-12-18)23(29)25-15-19-21(22(28)30-3)20-13-9-10-14-27(20)26-19/h6-8,11-12H,4-5,9-10,13-17H2,1-3H3,(H,25,29). The number of fused-ring (bicyclic) bond motifs is 1. The van der Waals surface area contributed by atoms with Crippen LogP contribution in [0, 0.1) is 5.41 Å². The van der Waals surface area contributed by atoms with E-state index in [1.165, 1.54) is 7.11 Å². The lowest BCUT2D eigenvalue weighted by Gasteiger charge is -2.30. The number of hydrogen-bond donors (Lipinski definition) is 1. The van der Waals surface area contributed by atoms with Gasteiger partial charge in [-0.2, -0.15) is 5.10 Å². The number of carbonyl (C=O) groups excluding carboxylic acids is 2. The van der Waals surface area contributed by atoms with E-state index in [0.717, 1.165) is 37.1 Å². The average molecular weight is 428 g/mol. The van der Waals surface area contributed by atoms with E-state index in [1.807, 2.05) is 48.9 Å². The van der Waals surface area contributed by atoms with E-state index < -0.39 is 11.4 Å². The smallest absolute Gasteiger partial charge is 0.341 e. The number of ether oxygens (including phenoxy) is 2. The number of nitrogens with zero attached hydrogens (tertiary/aromatic N) is 2. The third kappa shape index (κ3) is 5.15. The first-order valence-electron chi connectivity index (χ1n) is 11.1. The number of rotatable bonds is 10. The van der Waals surface area contributed by atoms with Crippen molar-refractivity contribution < 1.29 is 19.1 Å². The highest BCUT2D eigenvalue weighted by atomic mass is 16.5. The van der Waals surface area contributed by atoms with E-state index in [4.69, 9.17) is 9.47 Å². The molecule has 0 radical (unpaired) electrons. The Morgan fingerprint density at radius 2 is 1.90 bits per heavy atom. The Morgan fingerprint density at radius 3 is 2.58 bits per heavy atom. The van der Waals surface area contributed by atoms with Crippen LogP contribution in [0.25, 0.3) is 0 Å². The second kappa shape index (κ2) is 10.6. The molecule has 0 unspecified atom stereocenters. The van der Waals surface area contributed by atoms with Gasteiger partial charge >= 0.3 is 5.97 Å². The summed E-state index contributed by atoms with van der Waals surface area (Å²) in [7, 11) is 1.38. The summed E-state index contributed by atoms with van der Waals surface area (Å²) in [6, 6.07) is 9.93. The Kier molecular flexibility index (Phi) is 7.85. The van der Waals surface area contributed by atoms with Crippen molar-refractivity contribution in [2.75, 3.05) is 13.7 Å². The van der Waals surface area contributed by atoms with Crippen LogP contribution < -0.4 is 5.32 Å². The van der Waals surface area contributed by atoms with Crippen molar-refractivity contribution in [3.05, 3.63) is 52.8 Å². The second-order valence-electron chi connectivity index (χ2n) is 8.09. The Morgan fingerprint density at radius 1 is 1.16 bits per heavy atom. The molecule has 31 heavy (non-hydrogen) atoms. The zero-order valence-electron chi connectivity index (χ0n) is 18.8. The molecule has 7 nitrogen and oxygen atoms in total. The first-order valence-corrected chi connectivity index (χ1v) is 11.1. The van der Waals surface area contributed by atoms with Gasteiger partial charge in [0.2, 0.25) is 5.91 Å². The minimum absolute atomic E-state index is 0.0765. The maximum atomic E-state index is 13.2. The molecule has 0 saturated heterocycles. The molecule has 1 aromatic heterocycles. The number of nitrogens with one attached hydrogen (secondary N) is 1. The molecule has 1 amide bonds. The monoisotopic (exact) mass is 427 g/mol. The predicted octanol–water partition coefficient (Wildman–Crippen LogP) is 3.65. The molecule has 0 aliphatic carbocycles. The molecule has 0 saturated carbocycles. The highest BCUT2D eigenvalue weighted by Gasteiger charge is 2.36. The summed E-state index contributed by atoms with van der Waals surface area (Å²) in [5.41, 5.74) is 2.44. The first kappa shape index (κ1) is 23.0. The number of amides is 1. The molecule has 1 N–H and O–H groups in total. The first-order chi connectivity index (χ1) is 15.0. The minimum Gasteiger partial charge on any atom is -0.465 e. The molecule has 2 aromatic rings. The molecule has 1 aliphatic heterocycles. The summed E-state index contributed by atoms with van der Waals surface area (Å²) in [5.74, 6) is -0.469. The summed E-state index contributed by atoms with van der Waals surface area (Å²) in [4.78, 5) is 25.6. The Hall–Kier alpha value is -2.67. The number of aromatic nitrogens is 2. The van der Waals surface area contributed by atoms with Gasteiger partial charge in [-0.25, -0.2) is 4.79 Å². The number of esters is 1. The van der Waals surface area contributed by atoms with Crippen molar-refractivity contribution in [1.29, 1.82) is 0 Å². The molecule has 168 valence electrons. The van der Waals surface area contributed by atoms with Crippen LogP contribution in [0.15, 0.2) is 30.3 Å². The van der Waals surface area contributed by atoms with Crippen LogP contribution in [-0.4, -0.2) is 35.4 Å². The number of carbonyl (C=O) groups is 2. The number of methoxy groups -OCH3 is 1. The Labute approximate surface area is 184 Å². The average Bonchev–Trinajstić information content (AvgIpc) is 3.19. The van der Waals surface area contributed by atoms with Gasteiger partial charge in [0.25, 0.3) is 0 Å². The Bertz CT molecular complexity index is 888. The largest absolute Gasteiger partial charge is 0.465 e. The van der Waals surface area contributed by atoms with E-state index in [-0.39, 0.29) is 12.5 Å². The molecule has 0 fully saturated rings. The van der Waals surface area contributed by atoms with Crippen LogP contribution >= 0.6 is 0 Å². The molecule has 0 bridgehead atoms. The third-order valence-electron chi connectivity index (χ3n) is 6.29. The predicted molar refractivity (Wildman–Crippen MR) is 117 cm³/mol. The highest BCUT2D eigenvalue weighted by molar-refractivity contribution is 5.92. The summed E-state index contributed by atoms with van der Waals surface area (Å²) in [6.07, 6.45) is 4.18. The van der Waals surface area contributed by atoms with Gasteiger partial charge in [0, 0.05) is 6.54 Å². The number of benzene rings is 1.